The number of aromatic nitrogens is 2. The summed E-state index contributed by atoms with van der Waals surface area (Å²) in [5, 5.41) is 4.82. The molecule has 1 saturated heterocycles. The third-order valence-corrected chi connectivity index (χ3v) is 4.25. The van der Waals surface area contributed by atoms with Crippen LogP contribution in [0.5, 0.6) is 0 Å². The van der Waals surface area contributed by atoms with E-state index in [0.717, 1.165) is 31.0 Å². The normalized spacial score (nSPS) is 18.8. The molecule has 3 rings (SSSR count). The number of nitrogens with zero attached hydrogens (tertiary/aromatic N) is 3. The molecule has 2 aromatic rings. The van der Waals surface area contributed by atoms with E-state index in [-0.39, 0.29) is 5.91 Å². The average molecular weight is 304 g/mol. The third kappa shape index (κ3) is 3.10. The molecule has 110 valence electrons. The number of carbonyl (C=O) groups is 1. The summed E-state index contributed by atoms with van der Waals surface area (Å²) < 4.78 is 1.66. The number of halogens is 1. The van der Waals surface area contributed by atoms with Crippen LogP contribution in [-0.4, -0.2) is 33.7 Å². The van der Waals surface area contributed by atoms with Crippen LogP contribution < -0.4 is 0 Å². The molecule has 0 radical (unpaired) electrons. The molecule has 5 heteroatoms. The second-order valence-electron chi connectivity index (χ2n) is 5.54. The summed E-state index contributed by atoms with van der Waals surface area (Å²) in [6.45, 7) is 1.58. The lowest BCUT2D eigenvalue weighted by Crippen LogP contribution is -2.39. The minimum Gasteiger partial charge on any atom is -0.338 e. The Bertz CT molecular complexity index is 635. The fourth-order valence-corrected chi connectivity index (χ4v) is 3.01. The highest BCUT2D eigenvalue weighted by atomic mass is 35.5. The maximum absolute atomic E-state index is 12.5. The fourth-order valence-electron chi connectivity index (χ4n) is 2.88. The van der Waals surface area contributed by atoms with Gasteiger partial charge in [0.1, 0.15) is 0 Å². The summed E-state index contributed by atoms with van der Waals surface area (Å²) in [4.78, 5) is 14.4. The summed E-state index contributed by atoms with van der Waals surface area (Å²) in [7, 11) is 1.82. The number of aryl methyl sites for hydroxylation is 1. The van der Waals surface area contributed by atoms with Crippen molar-refractivity contribution in [2.45, 2.75) is 18.8 Å². The first-order valence-corrected chi connectivity index (χ1v) is 7.54. The molecule has 2 heterocycles. The van der Waals surface area contributed by atoms with Crippen molar-refractivity contribution in [1.82, 2.24) is 14.7 Å². The van der Waals surface area contributed by atoms with Gasteiger partial charge < -0.3 is 4.90 Å². The minimum absolute atomic E-state index is 0.0711. The predicted octanol–water partition coefficient (Wildman–Crippen LogP) is 3.09. The van der Waals surface area contributed by atoms with E-state index in [9.17, 15) is 4.79 Å². The van der Waals surface area contributed by atoms with Crippen molar-refractivity contribution in [3.63, 3.8) is 0 Å². The van der Waals surface area contributed by atoms with Crippen molar-refractivity contribution in [2.24, 2.45) is 7.05 Å². The number of benzene rings is 1. The Hall–Kier alpha value is -1.81. The summed E-state index contributed by atoms with van der Waals surface area (Å²) >= 11 is 5.94. The topological polar surface area (TPSA) is 38.1 Å². The first-order chi connectivity index (χ1) is 10.1. The Morgan fingerprint density at radius 1 is 1.33 bits per heavy atom. The van der Waals surface area contributed by atoms with Crippen LogP contribution in [0, 0.1) is 0 Å². The van der Waals surface area contributed by atoms with Crippen molar-refractivity contribution >= 4 is 17.5 Å². The Labute approximate surface area is 129 Å². The minimum atomic E-state index is 0.0711. The monoisotopic (exact) mass is 303 g/mol. The molecule has 4 nitrogen and oxygen atoms in total. The molecule has 0 saturated carbocycles. The molecule has 0 N–H and O–H groups in total. The Balaban J connectivity index is 1.73. The molecule has 21 heavy (non-hydrogen) atoms. The van der Waals surface area contributed by atoms with Crippen molar-refractivity contribution in [3.8, 4) is 0 Å². The van der Waals surface area contributed by atoms with Gasteiger partial charge in [-0.3, -0.25) is 9.48 Å². The lowest BCUT2D eigenvalue weighted by Gasteiger charge is -2.32. The Kier molecular flexibility index (Phi) is 3.97. The molecule has 0 unspecified atom stereocenters. The van der Waals surface area contributed by atoms with E-state index in [1.54, 1.807) is 17.1 Å². The van der Waals surface area contributed by atoms with Gasteiger partial charge in [-0.05, 0) is 30.5 Å². The zero-order valence-electron chi connectivity index (χ0n) is 12.0. The molecule has 1 aliphatic rings. The lowest BCUT2D eigenvalue weighted by molar-refractivity contribution is 0.0707. The number of rotatable bonds is 2. The molecule has 0 bridgehead atoms. The first kappa shape index (κ1) is 14.1. The van der Waals surface area contributed by atoms with Gasteiger partial charge in [0, 0.05) is 37.3 Å². The van der Waals surface area contributed by atoms with E-state index in [2.05, 4.69) is 17.2 Å². The quantitative estimate of drug-likeness (QED) is 0.855. The summed E-state index contributed by atoms with van der Waals surface area (Å²) in [5.74, 6) is 0.457. The maximum atomic E-state index is 12.5. The van der Waals surface area contributed by atoms with Gasteiger partial charge in [0.15, 0.2) is 0 Å². The lowest BCUT2D eigenvalue weighted by atomic mass is 9.90. The molecule has 1 aromatic carbocycles. The molecule has 1 fully saturated rings. The van der Waals surface area contributed by atoms with Crippen molar-refractivity contribution < 1.29 is 4.79 Å². The fraction of sp³-hybridized carbons (Fsp3) is 0.375. The van der Waals surface area contributed by atoms with E-state index in [0.29, 0.717) is 11.5 Å². The standard InChI is InChI=1S/C16H18ClN3O/c1-19-10-14(9-18-19)16(21)20-8-2-3-13(11-20)12-4-6-15(17)7-5-12/h4-7,9-10,13H,2-3,8,11H2,1H3/t13-/m1/s1. The van der Waals surface area contributed by atoms with Crippen LogP contribution in [0.3, 0.4) is 0 Å². The highest BCUT2D eigenvalue weighted by molar-refractivity contribution is 6.30. The Morgan fingerprint density at radius 3 is 2.76 bits per heavy atom. The van der Waals surface area contributed by atoms with Crippen molar-refractivity contribution in [1.29, 1.82) is 0 Å². The van der Waals surface area contributed by atoms with Crippen LogP contribution in [0.25, 0.3) is 0 Å². The predicted molar refractivity (Wildman–Crippen MR) is 82.5 cm³/mol. The van der Waals surface area contributed by atoms with Crippen LogP contribution in [0.4, 0.5) is 0 Å². The number of amides is 1. The van der Waals surface area contributed by atoms with Crippen LogP contribution in [0.2, 0.25) is 5.02 Å². The van der Waals surface area contributed by atoms with E-state index in [1.165, 1.54) is 5.56 Å². The highest BCUT2D eigenvalue weighted by Gasteiger charge is 2.26. The number of piperidine rings is 1. The second-order valence-corrected chi connectivity index (χ2v) is 5.98. The number of carbonyl (C=O) groups excluding carboxylic acids is 1. The molecule has 1 aliphatic heterocycles. The molecule has 1 atom stereocenters. The molecule has 0 aliphatic carbocycles. The largest absolute Gasteiger partial charge is 0.338 e. The SMILES string of the molecule is Cn1cc(C(=O)N2CCC[C@@H](c3ccc(Cl)cc3)C2)cn1. The third-order valence-electron chi connectivity index (χ3n) is 4.00. The maximum Gasteiger partial charge on any atom is 0.257 e. The van der Waals surface area contributed by atoms with Gasteiger partial charge in [-0.2, -0.15) is 5.10 Å². The Morgan fingerprint density at radius 2 is 2.10 bits per heavy atom. The van der Waals surface area contributed by atoms with E-state index in [4.69, 9.17) is 11.6 Å². The van der Waals surface area contributed by atoms with E-state index >= 15 is 0 Å². The van der Waals surface area contributed by atoms with Crippen LogP contribution in [0.15, 0.2) is 36.7 Å². The van der Waals surface area contributed by atoms with Gasteiger partial charge in [0.2, 0.25) is 0 Å². The smallest absolute Gasteiger partial charge is 0.257 e. The average Bonchev–Trinajstić information content (AvgIpc) is 2.94. The molecule has 0 spiro atoms. The summed E-state index contributed by atoms with van der Waals surface area (Å²) in [5.41, 5.74) is 1.91. The number of hydrogen-bond donors (Lipinski definition) is 0. The van der Waals surface area contributed by atoms with Crippen LogP contribution in [-0.2, 0) is 7.05 Å². The van der Waals surface area contributed by atoms with Gasteiger partial charge >= 0.3 is 0 Å². The molecule has 1 amide bonds. The van der Waals surface area contributed by atoms with Gasteiger partial charge in [0.25, 0.3) is 5.91 Å². The van der Waals surface area contributed by atoms with Gasteiger partial charge in [-0.15, -0.1) is 0 Å². The summed E-state index contributed by atoms with van der Waals surface area (Å²) in [6.07, 6.45) is 5.54. The van der Waals surface area contributed by atoms with Gasteiger partial charge in [-0.25, -0.2) is 0 Å². The number of likely N-dealkylation sites (tertiary alicyclic amines) is 1. The van der Waals surface area contributed by atoms with Gasteiger partial charge in [0.05, 0.1) is 11.8 Å². The first-order valence-electron chi connectivity index (χ1n) is 7.17. The van der Waals surface area contributed by atoms with E-state index < -0.39 is 0 Å². The van der Waals surface area contributed by atoms with Crippen LogP contribution in [0.1, 0.15) is 34.7 Å². The number of hydrogen-bond acceptors (Lipinski definition) is 2. The van der Waals surface area contributed by atoms with Gasteiger partial charge in [-0.1, -0.05) is 23.7 Å². The summed E-state index contributed by atoms with van der Waals surface area (Å²) in [6, 6.07) is 7.95. The van der Waals surface area contributed by atoms with Crippen molar-refractivity contribution in [3.05, 3.63) is 52.8 Å². The molecular formula is C16H18ClN3O. The van der Waals surface area contributed by atoms with E-state index in [1.807, 2.05) is 24.1 Å². The molecular weight excluding hydrogens is 286 g/mol. The zero-order valence-corrected chi connectivity index (χ0v) is 12.8. The molecule has 1 aromatic heterocycles. The van der Waals surface area contributed by atoms with Crippen molar-refractivity contribution in [2.75, 3.05) is 13.1 Å². The highest BCUT2D eigenvalue weighted by Crippen LogP contribution is 2.28. The second kappa shape index (κ2) is 5.90. The zero-order chi connectivity index (χ0) is 14.8. The van der Waals surface area contributed by atoms with Crippen LogP contribution >= 0.6 is 11.6 Å².